The molecule has 0 bridgehead atoms. The van der Waals surface area contributed by atoms with E-state index in [4.69, 9.17) is 0 Å². The molecule has 1 unspecified atom stereocenters. The number of hydrogen-bond acceptors (Lipinski definition) is 5. The Hall–Kier alpha value is -1.66. The van der Waals surface area contributed by atoms with Crippen LogP contribution in [0.4, 0.5) is 11.4 Å². The summed E-state index contributed by atoms with van der Waals surface area (Å²) in [5.41, 5.74) is 1.64. The molecule has 0 aliphatic rings. The molecule has 0 spiro atoms. The molecular weight excluding hydrogens is 258 g/mol. The third-order valence-corrected chi connectivity index (χ3v) is 2.85. The highest BCUT2D eigenvalue weighted by Crippen LogP contribution is 2.26. The normalized spacial score (nSPS) is 12.4. The number of nitrogens with zero attached hydrogens (tertiary/aromatic N) is 2. The van der Waals surface area contributed by atoms with E-state index in [0.717, 1.165) is 12.0 Å². The van der Waals surface area contributed by atoms with E-state index in [9.17, 15) is 15.2 Å². The second-order valence-corrected chi connectivity index (χ2v) is 5.08. The van der Waals surface area contributed by atoms with E-state index >= 15 is 0 Å². The van der Waals surface area contributed by atoms with Gasteiger partial charge in [0, 0.05) is 25.7 Å². The van der Waals surface area contributed by atoms with Gasteiger partial charge in [-0.25, -0.2) is 0 Å². The summed E-state index contributed by atoms with van der Waals surface area (Å²) in [5, 5.41) is 23.4. The largest absolute Gasteiger partial charge is 0.392 e. The van der Waals surface area contributed by atoms with Crippen LogP contribution < -0.4 is 5.32 Å². The maximum atomic E-state index is 11.0. The summed E-state index contributed by atoms with van der Waals surface area (Å²) in [5.74, 6) is 0. The molecule has 1 atom stereocenters. The van der Waals surface area contributed by atoms with Gasteiger partial charge in [0.2, 0.25) is 0 Å². The standard InChI is InChI=1S/C14H23N3O3/c1-4-7-15-13-8-12(5-6-14(13)17(19)20)10-16(3)9-11(2)18/h5-6,8,11,15,18H,4,7,9-10H2,1-3H3. The first-order chi connectivity index (χ1) is 9.43. The predicted molar refractivity (Wildman–Crippen MR) is 79.9 cm³/mol. The Morgan fingerprint density at radius 1 is 1.50 bits per heavy atom. The first-order valence-corrected chi connectivity index (χ1v) is 6.81. The van der Waals surface area contributed by atoms with Crippen molar-refractivity contribution >= 4 is 11.4 Å². The fraction of sp³-hybridized carbons (Fsp3) is 0.571. The topological polar surface area (TPSA) is 78.6 Å². The predicted octanol–water partition coefficient (Wildman–Crippen LogP) is 2.23. The van der Waals surface area contributed by atoms with Crippen molar-refractivity contribution in [1.82, 2.24) is 4.90 Å². The van der Waals surface area contributed by atoms with Gasteiger partial charge in [-0.1, -0.05) is 13.0 Å². The molecule has 112 valence electrons. The minimum Gasteiger partial charge on any atom is -0.392 e. The van der Waals surface area contributed by atoms with E-state index in [1.807, 2.05) is 24.9 Å². The van der Waals surface area contributed by atoms with Crippen LogP contribution in [0.2, 0.25) is 0 Å². The molecule has 1 rings (SSSR count). The Kier molecular flexibility index (Phi) is 6.41. The highest BCUT2D eigenvalue weighted by molar-refractivity contribution is 5.62. The Bertz CT molecular complexity index is 449. The fourth-order valence-corrected chi connectivity index (χ4v) is 2.07. The van der Waals surface area contributed by atoms with Crippen molar-refractivity contribution in [1.29, 1.82) is 0 Å². The third kappa shape index (κ3) is 5.14. The number of benzene rings is 1. The lowest BCUT2D eigenvalue weighted by atomic mass is 10.1. The average Bonchev–Trinajstić information content (AvgIpc) is 2.35. The van der Waals surface area contributed by atoms with Crippen molar-refractivity contribution in [2.24, 2.45) is 0 Å². The number of nitro groups is 1. The molecule has 1 aromatic rings. The Morgan fingerprint density at radius 2 is 2.20 bits per heavy atom. The molecule has 1 aromatic carbocycles. The molecule has 6 heteroatoms. The van der Waals surface area contributed by atoms with Gasteiger partial charge in [-0.05, 0) is 32.0 Å². The number of anilines is 1. The van der Waals surface area contributed by atoms with Crippen LogP contribution in [0.5, 0.6) is 0 Å². The molecule has 0 aliphatic carbocycles. The molecular formula is C14H23N3O3. The fourth-order valence-electron chi connectivity index (χ4n) is 2.07. The number of likely N-dealkylation sites (N-methyl/N-ethyl adjacent to an activating group) is 1. The number of aliphatic hydroxyl groups excluding tert-OH is 1. The maximum absolute atomic E-state index is 11.0. The minimum absolute atomic E-state index is 0.0976. The molecule has 0 amide bonds. The zero-order valence-electron chi connectivity index (χ0n) is 12.3. The molecule has 0 saturated heterocycles. The van der Waals surface area contributed by atoms with Crippen molar-refractivity contribution in [3.63, 3.8) is 0 Å². The van der Waals surface area contributed by atoms with E-state index in [1.54, 1.807) is 13.0 Å². The van der Waals surface area contributed by atoms with Crippen LogP contribution in [-0.4, -0.2) is 41.2 Å². The summed E-state index contributed by atoms with van der Waals surface area (Å²) < 4.78 is 0. The summed E-state index contributed by atoms with van der Waals surface area (Å²) in [7, 11) is 1.91. The molecule has 0 fully saturated rings. The summed E-state index contributed by atoms with van der Waals surface area (Å²) in [6, 6.07) is 5.10. The maximum Gasteiger partial charge on any atom is 0.292 e. The van der Waals surface area contributed by atoms with Crippen molar-refractivity contribution in [3.05, 3.63) is 33.9 Å². The van der Waals surface area contributed by atoms with Gasteiger partial charge in [0.1, 0.15) is 5.69 Å². The molecule has 0 aliphatic heterocycles. The molecule has 0 radical (unpaired) electrons. The van der Waals surface area contributed by atoms with Crippen LogP contribution in [-0.2, 0) is 6.54 Å². The smallest absolute Gasteiger partial charge is 0.292 e. The zero-order chi connectivity index (χ0) is 15.1. The lowest BCUT2D eigenvalue weighted by Gasteiger charge is -2.18. The van der Waals surface area contributed by atoms with Crippen molar-refractivity contribution < 1.29 is 10.0 Å². The summed E-state index contributed by atoms with van der Waals surface area (Å²) in [6.07, 6.45) is 0.513. The Morgan fingerprint density at radius 3 is 2.75 bits per heavy atom. The highest BCUT2D eigenvalue weighted by Gasteiger charge is 2.14. The monoisotopic (exact) mass is 281 g/mol. The Balaban J connectivity index is 2.85. The molecule has 0 heterocycles. The second-order valence-electron chi connectivity index (χ2n) is 5.08. The number of nitro benzene ring substituents is 1. The van der Waals surface area contributed by atoms with E-state index in [1.165, 1.54) is 6.07 Å². The molecule has 6 nitrogen and oxygen atoms in total. The second kappa shape index (κ2) is 7.81. The van der Waals surface area contributed by atoms with Crippen molar-refractivity contribution in [2.45, 2.75) is 32.9 Å². The van der Waals surface area contributed by atoms with Gasteiger partial charge < -0.3 is 10.4 Å². The van der Waals surface area contributed by atoms with Crippen LogP contribution >= 0.6 is 0 Å². The SMILES string of the molecule is CCCNc1cc(CN(C)CC(C)O)ccc1[N+](=O)[O-]. The molecule has 0 saturated carbocycles. The Labute approximate surface area is 119 Å². The van der Waals surface area contributed by atoms with Gasteiger partial charge >= 0.3 is 0 Å². The lowest BCUT2D eigenvalue weighted by Crippen LogP contribution is -2.26. The van der Waals surface area contributed by atoms with Gasteiger partial charge in [0.25, 0.3) is 5.69 Å². The zero-order valence-corrected chi connectivity index (χ0v) is 12.3. The molecule has 0 aromatic heterocycles. The van der Waals surface area contributed by atoms with E-state index in [2.05, 4.69) is 5.32 Å². The molecule has 20 heavy (non-hydrogen) atoms. The summed E-state index contributed by atoms with van der Waals surface area (Å²) in [4.78, 5) is 12.6. The lowest BCUT2D eigenvalue weighted by molar-refractivity contribution is -0.384. The highest BCUT2D eigenvalue weighted by atomic mass is 16.6. The van der Waals surface area contributed by atoms with Crippen molar-refractivity contribution in [3.8, 4) is 0 Å². The molecule has 2 N–H and O–H groups in total. The third-order valence-electron chi connectivity index (χ3n) is 2.85. The van der Waals surface area contributed by atoms with Crippen LogP contribution in [0.25, 0.3) is 0 Å². The van der Waals surface area contributed by atoms with E-state index in [0.29, 0.717) is 25.3 Å². The average molecular weight is 281 g/mol. The van der Waals surface area contributed by atoms with Gasteiger partial charge in [0.15, 0.2) is 0 Å². The van der Waals surface area contributed by atoms with Gasteiger partial charge in [-0.2, -0.15) is 0 Å². The van der Waals surface area contributed by atoms with Gasteiger partial charge in [-0.15, -0.1) is 0 Å². The van der Waals surface area contributed by atoms with Crippen molar-refractivity contribution in [2.75, 3.05) is 25.5 Å². The van der Waals surface area contributed by atoms with Gasteiger partial charge in [0.05, 0.1) is 11.0 Å². The van der Waals surface area contributed by atoms with E-state index in [-0.39, 0.29) is 10.6 Å². The number of nitrogens with one attached hydrogen (secondary N) is 1. The number of aliphatic hydroxyl groups is 1. The van der Waals surface area contributed by atoms with Crippen LogP contribution in [0.15, 0.2) is 18.2 Å². The first kappa shape index (κ1) is 16.4. The first-order valence-electron chi connectivity index (χ1n) is 6.81. The minimum atomic E-state index is -0.393. The van der Waals surface area contributed by atoms with Crippen LogP contribution in [0, 0.1) is 10.1 Å². The van der Waals surface area contributed by atoms with Crippen LogP contribution in [0.3, 0.4) is 0 Å². The van der Waals surface area contributed by atoms with Crippen LogP contribution in [0.1, 0.15) is 25.8 Å². The summed E-state index contributed by atoms with van der Waals surface area (Å²) >= 11 is 0. The van der Waals surface area contributed by atoms with E-state index < -0.39 is 6.10 Å². The number of rotatable bonds is 8. The number of hydrogen-bond donors (Lipinski definition) is 2. The van der Waals surface area contributed by atoms with Gasteiger partial charge in [-0.3, -0.25) is 15.0 Å². The quantitative estimate of drug-likeness (QED) is 0.564. The summed E-state index contributed by atoms with van der Waals surface area (Å²) in [6.45, 7) is 5.66.